The van der Waals surface area contributed by atoms with E-state index < -0.39 is 41.0 Å². The predicted molar refractivity (Wildman–Crippen MR) is 111 cm³/mol. The second-order valence-corrected chi connectivity index (χ2v) is 8.48. The summed E-state index contributed by atoms with van der Waals surface area (Å²) in [7, 11) is 0. The molecule has 3 atom stereocenters. The van der Waals surface area contributed by atoms with Gasteiger partial charge in [0.25, 0.3) is 0 Å². The van der Waals surface area contributed by atoms with Gasteiger partial charge in [-0.3, -0.25) is 24.0 Å². The normalized spacial score (nSPS) is 14.1. The number of hydrogen-bond acceptors (Lipinski definition) is 6. The first-order valence-corrected chi connectivity index (χ1v) is 10.8. The van der Waals surface area contributed by atoms with Crippen LogP contribution in [0, 0.1) is 11.8 Å². The number of carboxylic acid groups (broad SMARTS) is 1. The van der Waals surface area contributed by atoms with Crippen LogP contribution in [0.5, 0.6) is 0 Å². The van der Waals surface area contributed by atoms with Gasteiger partial charge in [0.15, 0.2) is 5.78 Å². The number of hydrogen-bond donors (Lipinski definition) is 4. The number of thioether (sulfide) groups is 1. The van der Waals surface area contributed by atoms with Crippen LogP contribution < -0.4 is 16.0 Å². The van der Waals surface area contributed by atoms with Gasteiger partial charge in [-0.15, -0.1) is 0 Å². The summed E-state index contributed by atoms with van der Waals surface area (Å²) >= 11 is 1.12. The zero-order valence-electron chi connectivity index (χ0n) is 17.9. The summed E-state index contributed by atoms with van der Waals surface area (Å²) in [5.41, 5.74) is 0. The predicted octanol–water partition coefficient (Wildman–Crippen LogP) is 0.570. The zero-order valence-corrected chi connectivity index (χ0v) is 18.7. The Kier molecular flexibility index (Phi) is 12.2. The summed E-state index contributed by atoms with van der Waals surface area (Å²) in [5.74, 6) is -2.91. The molecule has 0 aliphatic heterocycles. The van der Waals surface area contributed by atoms with E-state index in [0.717, 1.165) is 11.8 Å². The lowest BCUT2D eigenvalue weighted by molar-refractivity contribution is -0.138. The molecule has 0 saturated carbocycles. The van der Waals surface area contributed by atoms with Crippen molar-refractivity contribution in [2.45, 2.75) is 64.8 Å². The fraction of sp³-hybridized carbons (Fsp3) is 0.737. The molecule has 10 heteroatoms. The van der Waals surface area contributed by atoms with Crippen molar-refractivity contribution >= 4 is 41.2 Å². The van der Waals surface area contributed by atoms with E-state index in [1.54, 1.807) is 40.9 Å². The molecule has 0 spiro atoms. The maximum absolute atomic E-state index is 12.5. The highest BCUT2D eigenvalue weighted by atomic mass is 32.2. The van der Waals surface area contributed by atoms with Crippen LogP contribution in [-0.4, -0.2) is 64.7 Å². The molecule has 0 heterocycles. The summed E-state index contributed by atoms with van der Waals surface area (Å²) in [4.78, 5) is 59.3. The number of carbonyl (C=O) groups is 5. The van der Waals surface area contributed by atoms with E-state index in [4.69, 9.17) is 5.11 Å². The van der Waals surface area contributed by atoms with Gasteiger partial charge in [0.1, 0.15) is 6.04 Å². The molecule has 9 nitrogen and oxygen atoms in total. The second kappa shape index (κ2) is 13.2. The molecule has 0 aromatic carbocycles. The minimum absolute atomic E-state index is 0.0238. The van der Waals surface area contributed by atoms with Gasteiger partial charge in [0, 0.05) is 18.9 Å². The molecule has 166 valence electrons. The largest absolute Gasteiger partial charge is 0.481 e. The van der Waals surface area contributed by atoms with E-state index in [2.05, 4.69) is 16.0 Å². The number of Topliss-reactive ketones (excluding diaryl/α,β-unsaturated/α-hetero) is 1. The average Bonchev–Trinajstić information content (AvgIpc) is 2.62. The molecule has 0 rings (SSSR count). The number of ketones is 1. The molecule has 0 aromatic rings. The van der Waals surface area contributed by atoms with Crippen LogP contribution in [0.4, 0.5) is 0 Å². The molecule has 0 bridgehead atoms. The van der Waals surface area contributed by atoms with Crippen LogP contribution >= 0.6 is 11.8 Å². The standard InChI is InChI=1S/C19H33N3O6S/c1-10(2)16(19(28)21-12(5)17(26)11(3)4)22-14(23)7-8-20-18(27)13(29-6)9-15(24)25/h10-13,16H,7-9H2,1-6H3,(H,20,27)(H,21,28)(H,22,23)(H,24,25)/t12-,13?,16?/m0/s1. The van der Waals surface area contributed by atoms with E-state index in [-0.39, 0.29) is 37.0 Å². The molecule has 0 fully saturated rings. The molecule has 3 amide bonds. The van der Waals surface area contributed by atoms with Crippen LogP contribution in [0.1, 0.15) is 47.5 Å². The number of aliphatic carboxylic acids is 1. The van der Waals surface area contributed by atoms with Crippen LogP contribution in [0.25, 0.3) is 0 Å². The maximum atomic E-state index is 12.5. The minimum Gasteiger partial charge on any atom is -0.481 e. The van der Waals surface area contributed by atoms with Crippen molar-refractivity contribution in [2.75, 3.05) is 12.8 Å². The molecular formula is C19H33N3O6S. The monoisotopic (exact) mass is 431 g/mol. The van der Waals surface area contributed by atoms with Gasteiger partial charge in [0.05, 0.1) is 17.7 Å². The maximum Gasteiger partial charge on any atom is 0.305 e. The molecule has 0 aliphatic rings. The number of carbonyl (C=O) groups excluding carboxylic acids is 4. The third-order valence-corrected chi connectivity index (χ3v) is 5.16. The molecule has 4 N–H and O–H groups in total. The molecular weight excluding hydrogens is 398 g/mol. The molecule has 0 radical (unpaired) electrons. The van der Waals surface area contributed by atoms with Crippen molar-refractivity contribution in [1.82, 2.24) is 16.0 Å². The van der Waals surface area contributed by atoms with Crippen molar-refractivity contribution in [1.29, 1.82) is 0 Å². The quantitative estimate of drug-likeness (QED) is 0.334. The highest BCUT2D eigenvalue weighted by Crippen LogP contribution is 2.11. The SMILES string of the molecule is CSC(CC(=O)O)C(=O)NCCC(=O)NC(C(=O)N[C@@H](C)C(=O)C(C)C)C(C)C. The smallest absolute Gasteiger partial charge is 0.305 e. The van der Waals surface area contributed by atoms with Gasteiger partial charge in [-0.25, -0.2) is 0 Å². The number of nitrogens with one attached hydrogen (secondary N) is 3. The summed E-state index contributed by atoms with van der Waals surface area (Å²) in [6, 6.07) is -1.47. The van der Waals surface area contributed by atoms with Gasteiger partial charge in [-0.2, -0.15) is 11.8 Å². The first-order chi connectivity index (χ1) is 13.4. The summed E-state index contributed by atoms with van der Waals surface area (Å²) in [5, 5.41) is 15.8. The van der Waals surface area contributed by atoms with Crippen molar-refractivity contribution in [3.8, 4) is 0 Å². The van der Waals surface area contributed by atoms with Crippen molar-refractivity contribution < 1.29 is 29.1 Å². The van der Waals surface area contributed by atoms with Gasteiger partial charge in [0.2, 0.25) is 17.7 Å². The lowest BCUT2D eigenvalue weighted by atomic mass is 10.00. The van der Waals surface area contributed by atoms with Crippen LogP contribution in [0.2, 0.25) is 0 Å². The van der Waals surface area contributed by atoms with Gasteiger partial charge >= 0.3 is 5.97 Å². The Hall–Kier alpha value is -2.10. The number of amides is 3. The van der Waals surface area contributed by atoms with Crippen LogP contribution in [0.15, 0.2) is 0 Å². The van der Waals surface area contributed by atoms with Crippen molar-refractivity contribution in [2.24, 2.45) is 11.8 Å². The Labute approximate surface area is 176 Å². The van der Waals surface area contributed by atoms with E-state index in [0.29, 0.717) is 0 Å². The van der Waals surface area contributed by atoms with Gasteiger partial charge in [-0.1, -0.05) is 27.7 Å². The lowest BCUT2D eigenvalue weighted by Crippen LogP contribution is -2.53. The van der Waals surface area contributed by atoms with E-state index >= 15 is 0 Å². The highest BCUT2D eigenvalue weighted by molar-refractivity contribution is 7.99. The average molecular weight is 432 g/mol. The fourth-order valence-electron chi connectivity index (χ4n) is 2.51. The van der Waals surface area contributed by atoms with Crippen LogP contribution in [0.3, 0.4) is 0 Å². The third-order valence-electron chi connectivity index (χ3n) is 4.21. The first-order valence-electron chi connectivity index (χ1n) is 9.56. The molecule has 29 heavy (non-hydrogen) atoms. The first kappa shape index (κ1) is 26.9. The van der Waals surface area contributed by atoms with E-state index in [1.165, 1.54) is 0 Å². The van der Waals surface area contributed by atoms with Crippen molar-refractivity contribution in [3.05, 3.63) is 0 Å². The topological polar surface area (TPSA) is 142 Å². The zero-order chi connectivity index (χ0) is 22.7. The molecule has 2 unspecified atom stereocenters. The second-order valence-electron chi connectivity index (χ2n) is 7.44. The number of carboxylic acids is 1. The number of rotatable bonds is 13. The Morgan fingerprint density at radius 1 is 0.931 bits per heavy atom. The summed E-state index contributed by atoms with van der Waals surface area (Å²) < 4.78 is 0. The van der Waals surface area contributed by atoms with Crippen molar-refractivity contribution in [3.63, 3.8) is 0 Å². The van der Waals surface area contributed by atoms with Gasteiger partial charge < -0.3 is 21.1 Å². The molecule has 0 aromatic heterocycles. The van der Waals surface area contributed by atoms with Crippen LogP contribution in [-0.2, 0) is 24.0 Å². The van der Waals surface area contributed by atoms with E-state index in [1.807, 2.05) is 0 Å². The Balaban J connectivity index is 4.64. The van der Waals surface area contributed by atoms with E-state index in [9.17, 15) is 24.0 Å². The summed E-state index contributed by atoms with van der Waals surface area (Å²) in [6.07, 6.45) is 1.27. The highest BCUT2D eigenvalue weighted by Gasteiger charge is 2.27. The fourth-order valence-corrected chi connectivity index (χ4v) is 3.12. The Bertz CT molecular complexity index is 609. The molecule has 0 saturated heterocycles. The lowest BCUT2D eigenvalue weighted by Gasteiger charge is -2.24. The Morgan fingerprint density at radius 2 is 1.52 bits per heavy atom. The molecule has 0 aliphatic carbocycles. The Morgan fingerprint density at radius 3 is 1.97 bits per heavy atom. The minimum atomic E-state index is -1.08. The summed E-state index contributed by atoms with van der Waals surface area (Å²) in [6.45, 7) is 8.68. The van der Waals surface area contributed by atoms with Gasteiger partial charge in [-0.05, 0) is 19.1 Å². The third kappa shape index (κ3) is 10.3.